The highest BCUT2D eigenvalue weighted by Gasteiger charge is 2.25. The van der Waals surface area contributed by atoms with Gasteiger partial charge < -0.3 is 0 Å². The highest BCUT2D eigenvalue weighted by atomic mass is 32.2. The second-order valence-electron chi connectivity index (χ2n) is 5.74. The molecule has 2 aromatic rings. The van der Waals surface area contributed by atoms with E-state index >= 15 is 0 Å². The average molecular weight is 346 g/mol. The second kappa shape index (κ2) is 7.23. The molecule has 6 heteroatoms. The van der Waals surface area contributed by atoms with Gasteiger partial charge in [-0.05, 0) is 43.2 Å². The quantitative estimate of drug-likeness (QED) is 0.792. The average Bonchev–Trinajstić information content (AvgIpc) is 2.62. The lowest BCUT2D eigenvalue weighted by Crippen LogP contribution is -2.35. The van der Waals surface area contributed by atoms with Crippen LogP contribution in [-0.2, 0) is 10.0 Å². The molecule has 126 valence electrons. The molecule has 2 aromatic carbocycles. The normalized spacial score (nSPS) is 16.5. The molecule has 0 amide bonds. The molecule has 1 saturated heterocycles. The first kappa shape index (κ1) is 16.8. The van der Waals surface area contributed by atoms with Gasteiger partial charge >= 0.3 is 0 Å². The van der Waals surface area contributed by atoms with Crippen molar-refractivity contribution in [3.05, 3.63) is 59.9 Å². The van der Waals surface area contributed by atoms with E-state index in [1.54, 1.807) is 42.5 Å². The fourth-order valence-electron chi connectivity index (χ4n) is 2.68. The van der Waals surface area contributed by atoms with Gasteiger partial charge in [0.1, 0.15) is 5.82 Å². The van der Waals surface area contributed by atoms with E-state index in [4.69, 9.17) is 0 Å². The summed E-state index contributed by atoms with van der Waals surface area (Å²) < 4.78 is 40.2. The van der Waals surface area contributed by atoms with Crippen LogP contribution in [0.4, 0.5) is 10.1 Å². The largest absolute Gasteiger partial charge is 0.256 e. The minimum Gasteiger partial charge on any atom is -0.256 e. The summed E-state index contributed by atoms with van der Waals surface area (Å²) in [5.41, 5.74) is 0.971. The van der Waals surface area contributed by atoms with Crippen LogP contribution < -0.4 is 0 Å². The van der Waals surface area contributed by atoms with E-state index in [-0.39, 0.29) is 10.7 Å². The van der Waals surface area contributed by atoms with Crippen molar-refractivity contribution >= 4 is 21.9 Å². The van der Waals surface area contributed by atoms with Crippen LogP contribution in [0.3, 0.4) is 0 Å². The summed E-state index contributed by atoms with van der Waals surface area (Å²) in [7, 11) is -3.43. The number of sulfonamides is 1. The number of benzene rings is 2. The topological polar surface area (TPSA) is 49.7 Å². The molecule has 1 fully saturated rings. The number of aliphatic imine (C=N–C) groups is 1. The van der Waals surface area contributed by atoms with Gasteiger partial charge in [-0.25, -0.2) is 12.8 Å². The van der Waals surface area contributed by atoms with Crippen molar-refractivity contribution in [2.24, 2.45) is 4.99 Å². The molecular weight excluding hydrogens is 327 g/mol. The van der Waals surface area contributed by atoms with Crippen LogP contribution in [0.2, 0.25) is 0 Å². The van der Waals surface area contributed by atoms with Gasteiger partial charge in [0.15, 0.2) is 0 Å². The lowest BCUT2D eigenvalue weighted by Gasteiger charge is -2.25. The summed E-state index contributed by atoms with van der Waals surface area (Å²) in [5.74, 6) is -0.342. The maximum absolute atomic E-state index is 13.5. The van der Waals surface area contributed by atoms with Gasteiger partial charge in [0.25, 0.3) is 0 Å². The molecule has 1 aliphatic heterocycles. The van der Waals surface area contributed by atoms with Crippen LogP contribution in [0, 0.1) is 5.82 Å². The fraction of sp³-hybridized carbons (Fsp3) is 0.278. The Hall–Kier alpha value is -2.05. The number of rotatable bonds is 4. The van der Waals surface area contributed by atoms with Gasteiger partial charge in [0.2, 0.25) is 10.0 Å². The molecule has 0 aromatic heterocycles. The van der Waals surface area contributed by atoms with Crippen LogP contribution in [0.15, 0.2) is 58.4 Å². The molecule has 0 bridgehead atoms. The number of halogens is 1. The van der Waals surface area contributed by atoms with Gasteiger partial charge in [-0.1, -0.05) is 24.6 Å². The summed E-state index contributed by atoms with van der Waals surface area (Å²) >= 11 is 0. The Morgan fingerprint density at radius 3 is 2.29 bits per heavy atom. The Labute approximate surface area is 141 Å². The SMILES string of the molecule is O=S(=O)(c1ccc(N=Cc2ccccc2F)cc1)N1CCCCC1. The molecule has 0 radical (unpaired) electrons. The molecule has 0 unspecified atom stereocenters. The molecule has 0 atom stereocenters. The molecule has 0 saturated carbocycles. The first-order valence-corrected chi connectivity index (χ1v) is 9.40. The van der Waals surface area contributed by atoms with Crippen LogP contribution >= 0.6 is 0 Å². The smallest absolute Gasteiger partial charge is 0.243 e. The maximum atomic E-state index is 13.5. The van der Waals surface area contributed by atoms with E-state index in [0.717, 1.165) is 19.3 Å². The van der Waals surface area contributed by atoms with Crippen LogP contribution in [-0.4, -0.2) is 32.0 Å². The first-order valence-electron chi connectivity index (χ1n) is 7.96. The number of piperidine rings is 1. The fourth-order valence-corrected chi connectivity index (χ4v) is 4.20. The second-order valence-corrected chi connectivity index (χ2v) is 7.68. The molecule has 0 spiro atoms. The minimum atomic E-state index is -3.43. The Morgan fingerprint density at radius 1 is 0.958 bits per heavy atom. The zero-order chi connectivity index (χ0) is 17.0. The van der Waals surface area contributed by atoms with Crippen molar-refractivity contribution in [2.75, 3.05) is 13.1 Å². The van der Waals surface area contributed by atoms with Gasteiger partial charge in [-0.2, -0.15) is 4.31 Å². The summed E-state index contributed by atoms with van der Waals surface area (Å²) in [6, 6.07) is 12.7. The van der Waals surface area contributed by atoms with Crippen molar-refractivity contribution in [2.45, 2.75) is 24.2 Å². The highest BCUT2D eigenvalue weighted by Crippen LogP contribution is 2.23. The first-order chi connectivity index (χ1) is 11.6. The zero-order valence-electron chi connectivity index (χ0n) is 13.2. The van der Waals surface area contributed by atoms with E-state index in [1.807, 2.05) is 0 Å². The monoisotopic (exact) mass is 346 g/mol. The van der Waals surface area contributed by atoms with Crippen molar-refractivity contribution in [1.29, 1.82) is 0 Å². The summed E-state index contributed by atoms with van der Waals surface area (Å²) in [6.45, 7) is 1.16. The highest BCUT2D eigenvalue weighted by molar-refractivity contribution is 7.89. The maximum Gasteiger partial charge on any atom is 0.243 e. The third-order valence-corrected chi connectivity index (χ3v) is 5.96. The number of hydrogen-bond donors (Lipinski definition) is 0. The molecule has 1 aliphatic rings. The Kier molecular flexibility index (Phi) is 5.06. The molecular formula is C18H19FN2O2S. The van der Waals surface area contributed by atoms with E-state index in [1.165, 1.54) is 16.6 Å². The third-order valence-electron chi connectivity index (χ3n) is 4.05. The number of nitrogens with zero attached hydrogens (tertiary/aromatic N) is 2. The molecule has 3 rings (SSSR count). The molecule has 0 N–H and O–H groups in total. The predicted octanol–water partition coefficient (Wildman–Crippen LogP) is 3.75. The van der Waals surface area contributed by atoms with Crippen molar-refractivity contribution in [3.8, 4) is 0 Å². The standard InChI is InChI=1S/C18H19FN2O2S/c19-18-7-3-2-6-15(18)14-20-16-8-10-17(11-9-16)24(22,23)21-12-4-1-5-13-21/h2-3,6-11,14H,1,4-5,12-13H2. The Balaban J connectivity index is 1.77. The molecule has 1 heterocycles. The van der Waals surface area contributed by atoms with Gasteiger partial charge in [-0.15, -0.1) is 0 Å². The lowest BCUT2D eigenvalue weighted by molar-refractivity contribution is 0.346. The van der Waals surface area contributed by atoms with Gasteiger partial charge in [-0.3, -0.25) is 4.99 Å². The lowest BCUT2D eigenvalue weighted by atomic mass is 10.2. The van der Waals surface area contributed by atoms with E-state index in [0.29, 0.717) is 24.3 Å². The van der Waals surface area contributed by atoms with Crippen molar-refractivity contribution in [1.82, 2.24) is 4.31 Å². The number of hydrogen-bond acceptors (Lipinski definition) is 3. The van der Waals surface area contributed by atoms with Gasteiger partial charge in [0.05, 0.1) is 10.6 Å². The molecule has 24 heavy (non-hydrogen) atoms. The van der Waals surface area contributed by atoms with E-state index < -0.39 is 10.0 Å². The Morgan fingerprint density at radius 2 is 1.62 bits per heavy atom. The minimum absolute atomic E-state index is 0.272. The summed E-state index contributed by atoms with van der Waals surface area (Å²) in [5, 5.41) is 0. The Bertz CT molecular complexity index is 826. The third kappa shape index (κ3) is 3.71. The summed E-state index contributed by atoms with van der Waals surface area (Å²) in [6.07, 6.45) is 4.33. The van der Waals surface area contributed by atoms with Crippen LogP contribution in [0.1, 0.15) is 24.8 Å². The van der Waals surface area contributed by atoms with E-state index in [2.05, 4.69) is 4.99 Å². The van der Waals surface area contributed by atoms with Crippen molar-refractivity contribution in [3.63, 3.8) is 0 Å². The van der Waals surface area contributed by atoms with Crippen molar-refractivity contribution < 1.29 is 12.8 Å². The van der Waals surface area contributed by atoms with Gasteiger partial charge in [0, 0.05) is 24.9 Å². The molecule has 0 aliphatic carbocycles. The zero-order valence-corrected chi connectivity index (χ0v) is 14.0. The molecule has 4 nitrogen and oxygen atoms in total. The predicted molar refractivity (Wildman–Crippen MR) is 92.7 cm³/mol. The summed E-state index contributed by atoms with van der Waals surface area (Å²) in [4.78, 5) is 4.47. The van der Waals surface area contributed by atoms with E-state index in [9.17, 15) is 12.8 Å². The van der Waals surface area contributed by atoms with Crippen LogP contribution in [0.25, 0.3) is 0 Å². The van der Waals surface area contributed by atoms with Crippen LogP contribution in [0.5, 0.6) is 0 Å².